The van der Waals surface area contributed by atoms with Crippen LogP contribution in [0.1, 0.15) is 26.3 Å². The highest BCUT2D eigenvalue weighted by molar-refractivity contribution is 7.78. The molecule has 0 aliphatic heterocycles. The smallest absolute Gasteiger partial charge is 0.192 e. The summed E-state index contributed by atoms with van der Waals surface area (Å²) in [7, 11) is -1.68. The van der Waals surface area contributed by atoms with Gasteiger partial charge in [0.05, 0.1) is 17.5 Å². The Labute approximate surface area is 128 Å². The first kappa shape index (κ1) is 17.0. The van der Waals surface area contributed by atoms with Gasteiger partial charge in [0.2, 0.25) is 0 Å². The van der Waals surface area contributed by atoms with Crippen LogP contribution in [0.3, 0.4) is 0 Å². The van der Waals surface area contributed by atoms with Crippen molar-refractivity contribution >= 4 is 37.5 Å². The molecule has 1 rings (SSSR count). The zero-order chi connectivity index (χ0) is 15.2. The molecule has 0 amide bonds. The van der Waals surface area contributed by atoms with E-state index >= 15 is 0 Å². The van der Waals surface area contributed by atoms with Crippen LogP contribution >= 0.6 is 12.2 Å². The molecular weight excluding hydrogens is 282 g/mol. The first-order chi connectivity index (χ1) is 9.28. The van der Waals surface area contributed by atoms with Crippen LogP contribution in [0.4, 0.5) is 5.69 Å². The Balaban J connectivity index is 2.69. The first-order valence-electron chi connectivity index (χ1n) is 6.75. The van der Waals surface area contributed by atoms with Gasteiger partial charge in [0.25, 0.3) is 0 Å². The molecule has 1 aromatic rings. The Morgan fingerprint density at radius 1 is 1.30 bits per heavy atom. The van der Waals surface area contributed by atoms with Gasteiger partial charge in [-0.05, 0) is 36.4 Å². The highest BCUT2D eigenvalue weighted by atomic mass is 32.1. The molecule has 0 aliphatic carbocycles. The van der Waals surface area contributed by atoms with Gasteiger partial charge >= 0.3 is 0 Å². The number of rotatable bonds is 5. The molecule has 0 saturated carbocycles. The summed E-state index contributed by atoms with van der Waals surface area (Å²) in [6.45, 7) is 11.9. The fourth-order valence-electron chi connectivity index (χ4n) is 1.43. The number of hydrogen-bond acceptors (Lipinski definition) is 3. The predicted octanol–water partition coefficient (Wildman–Crippen LogP) is 5.46. The molecule has 0 aromatic heterocycles. The van der Waals surface area contributed by atoms with Crippen molar-refractivity contribution in [1.29, 1.82) is 0 Å². The molecule has 0 heterocycles. The van der Waals surface area contributed by atoms with Gasteiger partial charge in [0.15, 0.2) is 8.32 Å². The minimum Gasteiger partial charge on any atom is -0.413 e. The normalized spacial score (nSPS) is 12.4. The highest BCUT2D eigenvalue weighted by Crippen LogP contribution is 2.36. The number of para-hydroxylation sites is 1. The zero-order valence-electron chi connectivity index (χ0n) is 12.9. The third kappa shape index (κ3) is 4.80. The van der Waals surface area contributed by atoms with Crippen molar-refractivity contribution in [3.63, 3.8) is 0 Å². The minimum atomic E-state index is -1.68. The largest absolute Gasteiger partial charge is 0.413 e. The van der Waals surface area contributed by atoms with E-state index in [9.17, 15) is 0 Å². The fraction of sp³-hybridized carbons (Fsp3) is 0.438. The molecule has 0 saturated heterocycles. The topological polar surface area (TPSA) is 21.6 Å². The van der Waals surface area contributed by atoms with E-state index in [4.69, 9.17) is 4.43 Å². The summed E-state index contributed by atoms with van der Waals surface area (Å²) in [6.07, 6.45) is 4.07. The Kier molecular flexibility index (Phi) is 6.02. The number of isothiocyanates is 1. The molecule has 1 aromatic carbocycles. The molecule has 0 aliphatic rings. The van der Waals surface area contributed by atoms with E-state index in [1.54, 1.807) is 0 Å². The van der Waals surface area contributed by atoms with Gasteiger partial charge < -0.3 is 4.43 Å². The van der Waals surface area contributed by atoms with Crippen LogP contribution in [0.5, 0.6) is 0 Å². The van der Waals surface area contributed by atoms with E-state index < -0.39 is 8.32 Å². The van der Waals surface area contributed by atoms with Crippen LogP contribution in [0.15, 0.2) is 35.3 Å². The maximum absolute atomic E-state index is 6.10. The predicted molar refractivity (Wildman–Crippen MR) is 93.3 cm³/mol. The van der Waals surface area contributed by atoms with Crippen LogP contribution in [0.2, 0.25) is 18.1 Å². The Bertz CT molecular complexity index is 526. The van der Waals surface area contributed by atoms with Gasteiger partial charge in [0.1, 0.15) is 0 Å². The molecule has 0 N–H and O–H groups in total. The highest BCUT2D eigenvalue weighted by Gasteiger charge is 2.36. The average Bonchev–Trinajstić information content (AvgIpc) is 2.35. The number of hydrogen-bond donors (Lipinski definition) is 0. The summed E-state index contributed by atoms with van der Waals surface area (Å²) < 4.78 is 6.10. The average molecular weight is 306 g/mol. The quantitative estimate of drug-likeness (QED) is 0.409. The second-order valence-corrected chi connectivity index (χ2v) is 11.2. The Hall–Kier alpha value is -1.06. The van der Waals surface area contributed by atoms with Crippen molar-refractivity contribution in [3.8, 4) is 0 Å². The standard InChI is InChI=1S/C16H23NOSSi/c1-16(2,3)20(4,5)18-12-8-10-14-9-6-7-11-15(14)17-13-19/h6-11H,12H2,1-5H3/b10-8-. The van der Waals surface area contributed by atoms with E-state index in [1.807, 2.05) is 36.4 Å². The molecule has 108 valence electrons. The lowest BCUT2D eigenvalue weighted by atomic mass is 10.1. The Morgan fingerprint density at radius 3 is 2.55 bits per heavy atom. The summed E-state index contributed by atoms with van der Waals surface area (Å²) in [5.74, 6) is 0. The number of aliphatic imine (C=N–C) groups is 1. The lowest BCUT2D eigenvalue weighted by molar-refractivity contribution is 0.328. The first-order valence-corrected chi connectivity index (χ1v) is 10.1. The van der Waals surface area contributed by atoms with Gasteiger partial charge in [-0.2, -0.15) is 4.99 Å². The van der Waals surface area contributed by atoms with Crippen molar-refractivity contribution < 1.29 is 4.43 Å². The summed E-state index contributed by atoms with van der Waals surface area (Å²) in [5.41, 5.74) is 1.87. The van der Waals surface area contributed by atoms with Crippen LogP contribution in [0.25, 0.3) is 6.08 Å². The lowest BCUT2D eigenvalue weighted by Gasteiger charge is -2.35. The molecule has 0 spiro atoms. The number of nitrogens with zero attached hydrogens (tertiary/aromatic N) is 1. The number of benzene rings is 1. The maximum Gasteiger partial charge on any atom is 0.192 e. The van der Waals surface area contributed by atoms with Gasteiger partial charge in [-0.1, -0.05) is 51.1 Å². The zero-order valence-corrected chi connectivity index (χ0v) is 14.8. The van der Waals surface area contributed by atoms with Crippen molar-refractivity contribution in [3.05, 3.63) is 35.9 Å². The van der Waals surface area contributed by atoms with Gasteiger partial charge in [-0.3, -0.25) is 0 Å². The van der Waals surface area contributed by atoms with Crippen molar-refractivity contribution in [1.82, 2.24) is 0 Å². The summed E-state index contributed by atoms with van der Waals surface area (Å²) in [4.78, 5) is 4.05. The molecule has 0 fully saturated rings. The maximum atomic E-state index is 6.10. The van der Waals surface area contributed by atoms with Gasteiger partial charge in [-0.15, -0.1) is 0 Å². The molecule has 0 atom stereocenters. The molecule has 0 unspecified atom stereocenters. The summed E-state index contributed by atoms with van der Waals surface area (Å²) in [6, 6.07) is 7.85. The molecule has 20 heavy (non-hydrogen) atoms. The van der Waals surface area contributed by atoms with E-state index in [1.165, 1.54) is 0 Å². The van der Waals surface area contributed by atoms with Gasteiger partial charge in [-0.25, -0.2) is 0 Å². The fourth-order valence-corrected chi connectivity index (χ4v) is 2.47. The molecule has 0 radical (unpaired) electrons. The summed E-state index contributed by atoms with van der Waals surface area (Å²) in [5, 5.41) is 2.65. The van der Waals surface area contributed by atoms with Gasteiger partial charge in [0, 0.05) is 5.56 Å². The van der Waals surface area contributed by atoms with Crippen LogP contribution in [-0.4, -0.2) is 20.1 Å². The Morgan fingerprint density at radius 2 is 1.95 bits per heavy atom. The minimum absolute atomic E-state index is 0.236. The van der Waals surface area contributed by atoms with Crippen LogP contribution in [-0.2, 0) is 4.43 Å². The molecule has 0 bridgehead atoms. The van der Waals surface area contributed by atoms with Crippen molar-refractivity contribution in [2.75, 3.05) is 6.61 Å². The summed E-state index contributed by atoms with van der Waals surface area (Å²) >= 11 is 4.66. The lowest BCUT2D eigenvalue weighted by Crippen LogP contribution is -2.40. The van der Waals surface area contributed by atoms with E-state index in [0.29, 0.717) is 6.61 Å². The van der Waals surface area contributed by atoms with Crippen molar-refractivity contribution in [2.24, 2.45) is 4.99 Å². The SMILES string of the molecule is CC(C)(C)[Si](C)(C)OC/C=C\c1ccccc1N=C=S. The van der Waals surface area contributed by atoms with Crippen LogP contribution in [0, 0.1) is 0 Å². The molecular formula is C16H23NOSSi. The van der Waals surface area contributed by atoms with Crippen LogP contribution < -0.4 is 0 Å². The third-order valence-corrected chi connectivity index (χ3v) is 8.34. The molecule has 4 heteroatoms. The second kappa shape index (κ2) is 7.09. The number of thiocarbonyl (C=S) groups is 1. The van der Waals surface area contributed by atoms with E-state index in [-0.39, 0.29) is 5.04 Å². The van der Waals surface area contributed by atoms with E-state index in [0.717, 1.165) is 11.3 Å². The molecule has 2 nitrogen and oxygen atoms in total. The van der Waals surface area contributed by atoms with Crippen molar-refractivity contribution in [2.45, 2.75) is 38.9 Å². The second-order valence-electron chi connectivity index (χ2n) is 6.24. The monoisotopic (exact) mass is 305 g/mol. The van der Waals surface area contributed by atoms with E-state index in [2.05, 4.69) is 56.2 Å². The third-order valence-electron chi connectivity index (χ3n) is 3.75.